The molecule has 1 heterocycles. The standard InChI is InChI=1S/C22H20Cl2N2O2S/c1-3-13(2)15-6-4-5-7-18(15)25-22(29)26-21(27)20-11-10-19(28-20)16-9-8-14(23)12-17(16)24/h4-13H,3H2,1-2H3,(H2,25,26,27,29). The van der Waals surface area contributed by atoms with Crippen LogP contribution in [0.4, 0.5) is 5.69 Å². The highest BCUT2D eigenvalue weighted by atomic mass is 35.5. The Labute approximate surface area is 185 Å². The molecule has 0 aliphatic rings. The van der Waals surface area contributed by atoms with Crippen LogP contribution in [-0.4, -0.2) is 11.0 Å². The normalized spacial score (nSPS) is 11.7. The lowest BCUT2D eigenvalue weighted by Gasteiger charge is -2.16. The third-order valence-corrected chi connectivity index (χ3v) is 5.36. The van der Waals surface area contributed by atoms with Gasteiger partial charge in [-0.3, -0.25) is 10.1 Å². The van der Waals surface area contributed by atoms with E-state index in [2.05, 4.69) is 30.5 Å². The van der Waals surface area contributed by atoms with Crippen LogP contribution in [0.25, 0.3) is 11.3 Å². The van der Waals surface area contributed by atoms with Gasteiger partial charge < -0.3 is 9.73 Å². The minimum Gasteiger partial charge on any atom is -0.451 e. The Kier molecular flexibility index (Phi) is 6.96. The third kappa shape index (κ3) is 5.18. The lowest BCUT2D eigenvalue weighted by atomic mass is 9.97. The maximum absolute atomic E-state index is 12.5. The Morgan fingerprint density at radius 2 is 1.90 bits per heavy atom. The van der Waals surface area contributed by atoms with E-state index in [1.54, 1.807) is 30.3 Å². The smallest absolute Gasteiger partial charge is 0.293 e. The van der Waals surface area contributed by atoms with Crippen LogP contribution in [0.3, 0.4) is 0 Å². The highest BCUT2D eigenvalue weighted by Gasteiger charge is 2.16. The molecule has 1 aromatic heterocycles. The lowest BCUT2D eigenvalue weighted by molar-refractivity contribution is 0.0951. The van der Waals surface area contributed by atoms with Gasteiger partial charge >= 0.3 is 0 Å². The molecule has 0 saturated carbocycles. The van der Waals surface area contributed by atoms with Gasteiger partial charge in [0.1, 0.15) is 5.76 Å². The molecule has 0 fully saturated rings. The van der Waals surface area contributed by atoms with Crippen molar-refractivity contribution in [2.24, 2.45) is 0 Å². The number of furan rings is 1. The molecular weight excluding hydrogens is 427 g/mol. The van der Waals surface area contributed by atoms with Crippen LogP contribution in [0, 0.1) is 0 Å². The van der Waals surface area contributed by atoms with Gasteiger partial charge in [0, 0.05) is 16.3 Å². The molecule has 0 saturated heterocycles. The molecule has 29 heavy (non-hydrogen) atoms. The second kappa shape index (κ2) is 9.44. The molecule has 150 valence electrons. The fourth-order valence-corrected chi connectivity index (χ4v) is 3.58. The zero-order valence-electron chi connectivity index (χ0n) is 16.0. The van der Waals surface area contributed by atoms with Crippen LogP contribution in [0.15, 0.2) is 59.0 Å². The first-order valence-corrected chi connectivity index (χ1v) is 10.3. The van der Waals surface area contributed by atoms with Gasteiger partial charge in [-0.05, 0) is 66.5 Å². The van der Waals surface area contributed by atoms with Crippen molar-refractivity contribution in [3.8, 4) is 11.3 Å². The summed E-state index contributed by atoms with van der Waals surface area (Å²) in [6.45, 7) is 4.28. The average Bonchev–Trinajstić information content (AvgIpc) is 3.17. The summed E-state index contributed by atoms with van der Waals surface area (Å²) < 4.78 is 5.66. The summed E-state index contributed by atoms with van der Waals surface area (Å²) in [5, 5.41) is 6.92. The number of rotatable bonds is 5. The van der Waals surface area contributed by atoms with Crippen LogP contribution in [0.5, 0.6) is 0 Å². The molecular formula is C22H20Cl2N2O2S. The van der Waals surface area contributed by atoms with Crippen molar-refractivity contribution in [1.29, 1.82) is 0 Å². The topological polar surface area (TPSA) is 54.3 Å². The molecule has 3 rings (SSSR count). The van der Waals surface area contributed by atoms with Gasteiger partial charge in [0.15, 0.2) is 10.9 Å². The molecule has 0 aliphatic heterocycles. The van der Waals surface area contributed by atoms with Crippen molar-refractivity contribution < 1.29 is 9.21 Å². The van der Waals surface area contributed by atoms with E-state index in [0.717, 1.165) is 17.7 Å². The minimum absolute atomic E-state index is 0.130. The summed E-state index contributed by atoms with van der Waals surface area (Å²) in [7, 11) is 0. The molecule has 2 N–H and O–H groups in total. The van der Waals surface area contributed by atoms with E-state index in [9.17, 15) is 4.79 Å². The molecule has 0 spiro atoms. The van der Waals surface area contributed by atoms with Gasteiger partial charge in [-0.25, -0.2) is 0 Å². The molecule has 1 atom stereocenters. The van der Waals surface area contributed by atoms with Crippen molar-refractivity contribution in [2.45, 2.75) is 26.2 Å². The maximum Gasteiger partial charge on any atom is 0.293 e. The second-order valence-corrected chi connectivity index (χ2v) is 7.84. The van der Waals surface area contributed by atoms with Gasteiger partial charge in [0.25, 0.3) is 5.91 Å². The summed E-state index contributed by atoms with van der Waals surface area (Å²) in [5.74, 6) is 0.525. The first-order valence-electron chi connectivity index (χ1n) is 9.15. The quantitative estimate of drug-likeness (QED) is 0.418. The molecule has 1 amide bonds. The summed E-state index contributed by atoms with van der Waals surface area (Å²) in [5.41, 5.74) is 2.67. The molecule has 7 heteroatoms. The number of anilines is 1. The van der Waals surface area contributed by atoms with Crippen LogP contribution in [0.2, 0.25) is 10.0 Å². The Morgan fingerprint density at radius 3 is 2.62 bits per heavy atom. The number of hydrogen-bond acceptors (Lipinski definition) is 3. The van der Waals surface area contributed by atoms with E-state index < -0.39 is 5.91 Å². The fraction of sp³-hybridized carbons (Fsp3) is 0.182. The number of para-hydroxylation sites is 1. The molecule has 2 aromatic carbocycles. The van der Waals surface area contributed by atoms with E-state index in [-0.39, 0.29) is 10.9 Å². The van der Waals surface area contributed by atoms with Crippen molar-refractivity contribution in [3.05, 3.63) is 76.0 Å². The van der Waals surface area contributed by atoms with Gasteiger partial charge in [-0.1, -0.05) is 55.2 Å². The fourth-order valence-electron chi connectivity index (χ4n) is 2.87. The average molecular weight is 447 g/mol. The van der Waals surface area contributed by atoms with Crippen molar-refractivity contribution in [3.63, 3.8) is 0 Å². The number of carbonyl (C=O) groups is 1. The summed E-state index contributed by atoms with van der Waals surface area (Å²) in [6, 6.07) is 16.2. The molecule has 4 nitrogen and oxygen atoms in total. The van der Waals surface area contributed by atoms with E-state index >= 15 is 0 Å². The zero-order chi connectivity index (χ0) is 21.0. The minimum atomic E-state index is -0.445. The maximum atomic E-state index is 12.5. The second-order valence-electron chi connectivity index (χ2n) is 6.59. The Bertz CT molecular complexity index is 1050. The van der Waals surface area contributed by atoms with Crippen molar-refractivity contribution in [2.75, 3.05) is 5.32 Å². The van der Waals surface area contributed by atoms with Crippen LogP contribution in [0.1, 0.15) is 42.3 Å². The predicted octanol–water partition coefficient (Wildman–Crippen LogP) is 6.89. The monoisotopic (exact) mass is 446 g/mol. The highest BCUT2D eigenvalue weighted by molar-refractivity contribution is 7.80. The van der Waals surface area contributed by atoms with Crippen molar-refractivity contribution >= 4 is 52.1 Å². The van der Waals surface area contributed by atoms with Gasteiger partial charge in [0.05, 0.1) is 5.02 Å². The summed E-state index contributed by atoms with van der Waals surface area (Å²) in [6.07, 6.45) is 1.00. The SMILES string of the molecule is CCC(C)c1ccccc1NC(=S)NC(=O)c1ccc(-c2ccc(Cl)cc2Cl)o1. The van der Waals surface area contributed by atoms with Crippen molar-refractivity contribution in [1.82, 2.24) is 5.32 Å². The number of halogens is 2. The van der Waals surface area contributed by atoms with Crippen LogP contribution < -0.4 is 10.6 Å². The summed E-state index contributed by atoms with van der Waals surface area (Å²) >= 11 is 17.4. The Morgan fingerprint density at radius 1 is 1.14 bits per heavy atom. The summed E-state index contributed by atoms with van der Waals surface area (Å²) in [4.78, 5) is 12.5. The van der Waals surface area contributed by atoms with Crippen LogP contribution in [-0.2, 0) is 0 Å². The number of amides is 1. The zero-order valence-corrected chi connectivity index (χ0v) is 18.3. The molecule has 0 bridgehead atoms. The first kappa shape index (κ1) is 21.4. The first-order chi connectivity index (χ1) is 13.9. The molecule has 0 radical (unpaired) electrons. The van der Waals surface area contributed by atoms with E-state index in [0.29, 0.717) is 27.3 Å². The Hall–Kier alpha value is -2.34. The lowest BCUT2D eigenvalue weighted by Crippen LogP contribution is -2.34. The molecule has 1 unspecified atom stereocenters. The number of hydrogen-bond donors (Lipinski definition) is 2. The number of thiocarbonyl (C=S) groups is 1. The number of nitrogens with one attached hydrogen (secondary N) is 2. The number of carbonyl (C=O) groups excluding carboxylic acids is 1. The highest BCUT2D eigenvalue weighted by Crippen LogP contribution is 2.31. The van der Waals surface area contributed by atoms with E-state index in [1.165, 1.54) is 0 Å². The van der Waals surface area contributed by atoms with E-state index in [4.69, 9.17) is 39.8 Å². The van der Waals surface area contributed by atoms with E-state index in [1.807, 2.05) is 18.2 Å². The van der Waals surface area contributed by atoms with Gasteiger partial charge in [-0.2, -0.15) is 0 Å². The largest absolute Gasteiger partial charge is 0.451 e. The predicted molar refractivity (Wildman–Crippen MR) is 123 cm³/mol. The third-order valence-electron chi connectivity index (χ3n) is 4.61. The van der Waals surface area contributed by atoms with Gasteiger partial charge in [0.2, 0.25) is 0 Å². The van der Waals surface area contributed by atoms with Gasteiger partial charge in [-0.15, -0.1) is 0 Å². The van der Waals surface area contributed by atoms with Crippen LogP contribution >= 0.6 is 35.4 Å². The number of benzene rings is 2. The molecule has 0 aliphatic carbocycles. The Balaban J connectivity index is 1.70. The molecule has 3 aromatic rings.